The Morgan fingerprint density at radius 3 is 2.63 bits per heavy atom. The molecule has 4 nitrogen and oxygen atoms in total. The topological polar surface area (TPSA) is 54.4 Å². The van der Waals surface area contributed by atoms with E-state index in [0.717, 1.165) is 50.9 Å². The van der Waals surface area contributed by atoms with E-state index < -0.39 is 0 Å². The van der Waals surface area contributed by atoms with Crippen molar-refractivity contribution < 1.29 is 9.84 Å². The fraction of sp³-hybridized carbons (Fsp3) is 0.136. The van der Waals surface area contributed by atoms with Gasteiger partial charge >= 0.3 is 0 Å². The Labute approximate surface area is 162 Å². The maximum atomic E-state index is 9.97. The number of aromatic hydroxyl groups is 1. The van der Waals surface area contributed by atoms with Crippen LogP contribution in [0.3, 0.4) is 0 Å². The number of phenolic OH excluding ortho intramolecular Hbond substituents is 1. The quantitative estimate of drug-likeness (QED) is 0.334. The number of phenols is 1. The number of hydrogen-bond acceptors (Lipinski definition) is 4. The summed E-state index contributed by atoms with van der Waals surface area (Å²) in [6.45, 7) is 2.02. The van der Waals surface area contributed by atoms with Gasteiger partial charge in [-0.2, -0.15) is 0 Å². The Kier molecular flexibility index (Phi) is 4.50. The monoisotopic (exact) mass is 378 g/mol. The molecule has 136 valence electrons. The number of anilines is 2. The summed E-state index contributed by atoms with van der Waals surface area (Å²) in [4.78, 5) is 4.74. The highest BCUT2D eigenvalue weighted by atomic mass is 35.5. The smallest absolute Gasteiger partial charge is 0.119 e. The number of nitrogens with zero attached hydrogens (tertiary/aromatic N) is 1. The van der Waals surface area contributed by atoms with E-state index in [-0.39, 0.29) is 0 Å². The van der Waals surface area contributed by atoms with Crippen LogP contribution >= 0.6 is 11.6 Å². The Balaban J connectivity index is 1.97. The zero-order valence-corrected chi connectivity index (χ0v) is 15.8. The van der Waals surface area contributed by atoms with Gasteiger partial charge in [0.25, 0.3) is 0 Å². The van der Waals surface area contributed by atoms with Crippen LogP contribution in [0.1, 0.15) is 12.5 Å². The van der Waals surface area contributed by atoms with Crippen LogP contribution in [0.2, 0.25) is 5.02 Å². The molecule has 0 fully saturated rings. The summed E-state index contributed by atoms with van der Waals surface area (Å²) in [5, 5.41) is 16.1. The third-order valence-corrected chi connectivity index (χ3v) is 4.91. The number of aromatic nitrogens is 1. The van der Waals surface area contributed by atoms with Crippen molar-refractivity contribution in [3.63, 3.8) is 0 Å². The predicted octanol–water partition coefficient (Wildman–Crippen LogP) is 6.06. The molecule has 0 unspecified atom stereocenters. The molecule has 1 heterocycles. The van der Waals surface area contributed by atoms with Crippen LogP contribution in [-0.2, 0) is 6.42 Å². The predicted molar refractivity (Wildman–Crippen MR) is 112 cm³/mol. The second-order valence-electron chi connectivity index (χ2n) is 6.35. The molecule has 1 aromatic heterocycles. The lowest BCUT2D eigenvalue weighted by atomic mass is 10.1. The molecule has 27 heavy (non-hydrogen) atoms. The van der Waals surface area contributed by atoms with Gasteiger partial charge in [-0.3, -0.25) is 0 Å². The number of benzene rings is 3. The highest BCUT2D eigenvalue weighted by Crippen LogP contribution is 2.36. The van der Waals surface area contributed by atoms with E-state index in [4.69, 9.17) is 21.3 Å². The van der Waals surface area contributed by atoms with Crippen LogP contribution in [0.15, 0.2) is 54.6 Å². The normalized spacial score (nSPS) is 11.1. The number of methoxy groups -OCH3 is 1. The maximum absolute atomic E-state index is 9.97. The van der Waals surface area contributed by atoms with Crippen LogP contribution in [0, 0.1) is 0 Å². The average Bonchev–Trinajstić information content (AvgIpc) is 2.68. The summed E-state index contributed by atoms with van der Waals surface area (Å²) in [6.07, 6.45) is 0.753. The van der Waals surface area contributed by atoms with Crippen molar-refractivity contribution in [2.75, 3.05) is 12.4 Å². The summed E-state index contributed by atoms with van der Waals surface area (Å²) in [5.41, 5.74) is 4.39. The van der Waals surface area contributed by atoms with Gasteiger partial charge in [0.1, 0.15) is 11.5 Å². The largest absolute Gasteiger partial charge is 0.508 e. The average molecular weight is 379 g/mol. The number of halogens is 1. The molecule has 0 radical (unpaired) electrons. The lowest BCUT2D eigenvalue weighted by Gasteiger charge is -2.15. The first kappa shape index (κ1) is 17.4. The van der Waals surface area contributed by atoms with Crippen molar-refractivity contribution in [3.05, 3.63) is 65.2 Å². The molecule has 0 saturated carbocycles. The van der Waals surface area contributed by atoms with Gasteiger partial charge in [-0.15, -0.1) is 0 Å². The summed E-state index contributed by atoms with van der Waals surface area (Å²) < 4.78 is 5.40. The molecule has 0 atom stereocenters. The number of rotatable bonds is 4. The van der Waals surface area contributed by atoms with Crippen molar-refractivity contribution in [3.8, 4) is 11.5 Å². The van der Waals surface area contributed by atoms with E-state index in [1.807, 2.05) is 55.5 Å². The van der Waals surface area contributed by atoms with Crippen molar-refractivity contribution in [1.82, 2.24) is 4.98 Å². The first-order valence-electron chi connectivity index (χ1n) is 8.75. The highest BCUT2D eigenvalue weighted by Gasteiger charge is 2.12. The number of hydrogen-bond donors (Lipinski definition) is 2. The van der Waals surface area contributed by atoms with Crippen molar-refractivity contribution >= 4 is 44.8 Å². The SMILES string of the molecule is CCc1cc(Nc2c3ccc(Cl)cc3nc3ccc(OC)cc23)ccc1O. The first-order chi connectivity index (χ1) is 13.1. The standard InChI is InChI=1S/C22H19ClN2O2/c1-3-13-10-15(5-9-21(13)26)24-22-17-7-4-14(23)11-20(17)25-19-8-6-16(27-2)12-18(19)22/h4-12,26H,3H2,1-2H3,(H,24,25). The molecule has 2 N–H and O–H groups in total. The summed E-state index contributed by atoms with van der Waals surface area (Å²) >= 11 is 6.18. The first-order valence-corrected chi connectivity index (χ1v) is 9.12. The number of ether oxygens (including phenoxy) is 1. The van der Waals surface area contributed by atoms with Gasteiger partial charge in [0.15, 0.2) is 0 Å². The van der Waals surface area contributed by atoms with E-state index in [2.05, 4.69) is 5.32 Å². The van der Waals surface area contributed by atoms with Crippen LogP contribution < -0.4 is 10.1 Å². The van der Waals surface area contributed by atoms with Gasteiger partial charge in [0, 0.05) is 21.5 Å². The van der Waals surface area contributed by atoms with Crippen molar-refractivity contribution in [2.24, 2.45) is 0 Å². The van der Waals surface area contributed by atoms with Crippen LogP contribution in [0.5, 0.6) is 11.5 Å². The third kappa shape index (κ3) is 3.24. The second-order valence-corrected chi connectivity index (χ2v) is 6.79. The molecular weight excluding hydrogens is 360 g/mol. The minimum atomic E-state index is 0.306. The molecule has 0 spiro atoms. The Bertz CT molecular complexity index is 1160. The summed E-state index contributed by atoms with van der Waals surface area (Å²) in [7, 11) is 1.65. The second kappa shape index (κ2) is 6.97. The van der Waals surface area contributed by atoms with Gasteiger partial charge in [-0.05, 0) is 66.6 Å². The molecule has 0 aliphatic carbocycles. The Morgan fingerprint density at radius 2 is 1.85 bits per heavy atom. The molecule has 0 bridgehead atoms. The fourth-order valence-electron chi connectivity index (χ4n) is 3.25. The Hall–Kier alpha value is -2.98. The molecule has 4 aromatic rings. The van der Waals surface area contributed by atoms with E-state index in [1.54, 1.807) is 13.2 Å². The highest BCUT2D eigenvalue weighted by molar-refractivity contribution is 6.31. The van der Waals surface area contributed by atoms with Gasteiger partial charge in [-0.1, -0.05) is 18.5 Å². The lowest BCUT2D eigenvalue weighted by molar-refractivity contribution is 0.415. The zero-order chi connectivity index (χ0) is 19.0. The Morgan fingerprint density at radius 1 is 1.00 bits per heavy atom. The zero-order valence-electron chi connectivity index (χ0n) is 15.1. The minimum absolute atomic E-state index is 0.306. The van der Waals surface area contributed by atoms with Crippen molar-refractivity contribution in [1.29, 1.82) is 0 Å². The molecule has 0 amide bonds. The van der Waals surface area contributed by atoms with E-state index in [1.165, 1.54) is 0 Å². The molecule has 4 rings (SSSR count). The van der Waals surface area contributed by atoms with Gasteiger partial charge in [0.05, 0.1) is 23.8 Å². The fourth-order valence-corrected chi connectivity index (χ4v) is 3.42. The summed E-state index contributed by atoms with van der Waals surface area (Å²) in [5.74, 6) is 1.07. The van der Waals surface area contributed by atoms with Crippen LogP contribution in [0.4, 0.5) is 11.4 Å². The molecule has 0 saturated heterocycles. The van der Waals surface area contributed by atoms with E-state index >= 15 is 0 Å². The van der Waals surface area contributed by atoms with Gasteiger partial charge < -0.3 is 15.2 Å². The minimum Gasteiger partial charge on any atom is -0.508 e. The maximum Gasteiger partial charge on any atom is 0.119 e. The number of fused-ring (bicyclic) bond motifs is 2. The molecule has 5 heteroatoms. The van der Waals surface area contributed by atoms with Crippen molar-refractivity contribution in [2.45, 2.75) is 13.3 Å². The van der Waals surface area contributed by atoms with E-state index in [9.17, 15) is 5.11 Å². The molecular formula is C22H19ClN2O2. The van der Waals surface area contributed by atoms with E-state index in [0.29, 0.717) is 10.8 Å². The number of pyridine rings is 1. The summed E-state index contributed by atoms with van der Waals surface area (Å²) in [6, 6.07) is 17.0. The van der Waals surface area contributed by atoms with Gasteiger partial charge in [0.2, 0.25) is 0 Å². The van der Waals surface area contributed by atoms with Crippen LogP contribution in [0.25, 0.3) is 21.8 Å². The third-order valence-electron chi connectivity index (χ3n) is 4.67. The van der Waals surface area contributed by atoms with Gasteiger partial charge in [-0.25, -0.2) is 4.98 Å². The molecule has 0 aliphatic heterocycles. The van der Waals surface area contributed by atoms with Crippen LogP contribution in [-0.4, -0.2) is 17.2 Å². The number of aryl methyl sites for hydroxylation is 1. The number of nitrogens with one attached hydrogen (secondary N) is 1. The molecule has 3 aromatic carbocycles. The lowest BCUT2D eigenvalue weighted by Crippen LogP contribution is -1.97. The molecule has 0 aliphatic rings.